The molecule has 116 valence electrons. The fourth-order valence-electron chi connectivity index (χ4n) is 2.43. The van der Waals surface area contributed by atoms with Crippen LogP contribution in [0.3, 0.4) is 0 Å². The van der Waals surface area contributed by atoms with Gasteiger partial charge in [-0.25, -0.2) is 4.39 Å². The molecule has 0 bridgehead atoms. The van der Waals surface area contributed by atoms with Gasteiger partial charge in [-0.3, -0.25) is 10.00 Å². The second kappa shape index (κ2) is 7.75. The molecule has 0 saturated carbocycles. The molecule has 1 atom stereocenters. The van der Waals surface area contributed by atoms with E-state index in [9.17, 15) is 4.39 Å². The Morgan fingerprint density at radius 2 is 1.95 bits per heavy atom. The zero-order chi connectivity index (χ0) is 13.2. The first kappa shape index (κ1) is 17.9. The number of piperazine rings is 1. The van der Waals surface area contributed by atoms with Crippen LogP contribution in [0.1, 0.15) is 11.7 Å². The number of rotatable bonds is 2. The van der Waals surface area contributed by atoms with Gasteiger partial charge in [0.25, 0.3) is 0 Å². The third-order valence-electron chi connectivity index (χ3n) is 3.61. The quantitative estimate of drug-likeness (QED) is 0.888. The number of nitrogens with zero attached hydrogens (tertiary/aromatic N) is 2. The molecular formula is C14H19Cl2FN4. The van der Waals surface area contributed by atoms with Gasteiger partial charge in [0, 0.05) is 25.2 Å². The number of halogens is 3. The summed E-state index contributed by atoms with van der Waals surface area (Å²) in [6, 6.07) is 8.77. The van der Waals surface area contributed by atoms with E-state index in [0.29, 0.717) is 6.04 Å². The van der Waals surface area contributed by atoms with Crippen molar-refractivity contribution in [1.82, 2.24) is 20.4 Å². The Kier molecular flexibility index (Phi) is 6.61. The minimum atomic E-state index is -0.226. The van der Waals surface area contributed by atoms with Crippen molar-refractivity contribution in [3.63, 3.8) is 0 Å². The van der Waals surface area contributed by atoms with Crippen LogP contribution < -0.4 is 5.32 Å². The first-order valence-corrected chi connectivity index (χ1v) is 6.46. The average molecular weight is 333 g/mol. The second-order valence-corrected chi connectivity index (χ2v) is 4.92. The molecule has 3 rings (SSSR count). The molecular weight excluding hydrogens is 314 g/mol. The maximum absolute atomic E-state index is 12.9. The topological polar surface area (TPSA) is 44.0 Å². The van der Waals surface area contributed by atoms with E-state index in [4.69, 9.17) is 0 Å². The molecule has 1 aromatic heterocycles. The number of H-pyrrole nitrogens is 1. The minimum absolute atomic E-state index is 0. The van der Waals surface area contributed by atoms with Crippen molar-refractivity contribution in [3.05, 3.63) is 41.8 Å². The molecule has 1 saturated heterocycles. The fourth-order valence-corrected chi connectivity index (χ4v) is 2.43. The van der Waals surface area contributed by atoms with Crippen LogP contribution in [0.25, 0.3) is 11.3 Å². The van der Waals surface area contributed by atoms with Crippen molar-refractivity contribution >= 4 is 24.8 Å². The van der Waals surface area contributed by atoms with Gasteiger partial charge >= 0.3 is 0 Å². The molecule has 0 spiro atoms. The summed E-state index contributed by atoms with van der Waals surface area (Å²) in [6.07, 6.45) is 0. The molecule has 1 unspecified atom stereocenters. The molecule has 1 aliphatic heterocycles. The molecule has 0 aliphatic carbocycles. The number of likely N-dealkylation sites (N-methyl/N-ethyl adjacent to an activating group) is 1. The fraction of sp³-hybridized carbons (Fsp3) is 0.357. The van der Waals surface area contributed by atoms with Crippen LogP contribution in [0.5, 0.6) is 0 Å². The Labute approximate surface area is 135 Å². The smallest absolute Gasteiger partial charge is 0.123 e. The molecule has 21 heavy (non-hydrogen) atoms. The van der Waals surface area contributed by atoms with Crippen LogP contribution in [-0.4, -0.2) is 41.8 Å². The van der Waals surface area contributed by atoms with Crippen molar-refractivity contribution in [1.29, 1.82) is 0 Å². The first-order chi connectivity index (χ1) is 9.24. The molecule has 0 radical (unpaired) electrons. The number of hydrogen-bond acceptors (Lipinski definition) is 3. The highest BCUT2D eigenvalue weighted by molar-refractivity contribution is 5.85. The van der Waals surface area contributed by atoms with E-state index >= 15 is 0 Å². The Bertz CT molecular complexity index is 558. The SMILES string of the molecule is CN1CCNCC1c1cc(-c2ccc(F)cc2)n[nH]1.Cl.Cl. The highest BCUT2D eigenvalue weighted by Gasteiger charge is 2.22. The zero-order valence-electron chi connectivity index (χ0n) is 11.7. The highest BCUT2D eigenvalue weighted by atomic mass is 35.5. The van der Waals surface area contributed by atoms with Gasteiger partial charge < -0.3 is 5.32 Å². The summed E-state index contributed by atoms with van der Waals surface area (Å²) in [6.45, 7) is 2.96. The summed E-state index contributed by atoms with van der Waals surface area (Å²) in [5.74, 6) is -0.226. The monoisotopic (exact) mass is 332 g/mol. The van der Waals surface area contributed by atoms with Gasteiger partial charge in [-0.1, -0.05) is 0 Å². The maximum Gasteiger partial charge on any atom is 0.123 e. The van der Waals surface area contributed by atoms with Gasteiger partial charge in [0.2, 0.25) is 0 Å². The van der Waals surface area contributed by atoms with Crippen molar-refractivity contribution in [2.24, 2.45) is 0 Å². The summed E-state index contributed by atoms with van der Waals surface area (Å²) >= 11 is 0. The summed E-state index contributed by atoms with van der Waals surface area (Å²) in [5.41, 5.74) is 2.87. The number of hydrogen-bond donors (Lipinski definition) is 2. The van der Waals surface area contributed by atoms with Crippen molar-refractivity contribution in [3.8, 4) is 11.3 Å². The molecule has 1 aliphatic rings. The van der Waals surface area contributed by atoms with Gasteiger partial charge in [-0.2, -0.15) is 5.10 Å². The van der Waals surface area contributed by atoms with E-state index in [1.165, 1.54) is 12.1 Å². The maximum atomic E-state index is 12.9. The Hall–Kier alpha value is -1.14. The minimum Gasteiger partial charge on any atom is -0.313 e. The average Bonchev–Trinajstić information content (AvgIpc) is 2.89. The molecule has 2 N–H and O–H groups in total. The van der Waals surface area contributed by atoms with E-state index in [-0.39, 0.29) is 30.6 Å². The van der Waals surface area contributed by atoms with E-state index in [1.54, 1.807) is 12.1 Å². The largest absolute Gasteiger partial charge is 0.313 e. The number of benzene rings is 1. The first-order valence-electron chi connectivity index (χ1n) is 6.46. The van der Waals surface area contributed by atoms with E-state index < -0.39 is 0 Å². The number of aromatic nitrogens is 2. The second-order valence-electron chi connectivity index (χ2n) is 4.92. The van der Waals surface area contributed by atoms with Gasteiger partial charge in [0.1, 0.15) is 5.82 Å². The number of nitrogens with one attached hydrogen (secondary N) is 2. The lowest BCUT2D eigenvalue weighted by Crippen LogP contribution is -2.43. The van der Waals surface area contributed by atoms with Crippen LogP contribution in [-0.2, 0) is 0 Å². The van der Waals surface area contributed by atoms with Gasteiger partial charge in [0.05, 0.1) is 17.4 Å². The summed E-state index contributed by atoms with van der Waals surface area (Å²) < 4.78 is 12.9. The standard InChI is InChI=1S/C14H17FN4.2ClH/c1-19-7-6-16-9-14(19)13-8-12(17-18-13)10-2-4-11(15)5-3-10;;/h2-5,8,14,16H,6-7,9H2,1H3,(H,17,18);2*1H. The predicted molar refractivity (Wildman–Crippen MR) is 86.7 cm³/mol. The molecule has 2 heterocycles. The number of aromatic amines is 1. The van der Waals surface area contributed by atoms with Crippen LogP contribution in [0, 0.1) is 5.82 Å². The third-order valence-corrected chi connectivity index (χ3v) is 3.61. The Morgan fingerprint density at radius 1 is 1.24 bits per heavy atom. The van der Waals surface area contributed by atoms with E-state index in [1.807, 2.05) is 6.07 Å². The van der Waals surface area contributed by atoms with E-state index in [2.05, 4.69) is 27.5 Å². The lowest BCUT2D eigenvalue weighted by atomic mass is 10.1. The Morgan fingerprint density at radius 3 is 2.62 bits per heavy atom. The van der Waals surface area contributed by atoms with Gasteiger partial charge in [-0.15, -0.1) is 24.8 Å². The Balaban J connectivity index is 0.00000110. The normalized spacial score (nSPS) is 18.7. The highest BCUT2D eigenvalue weighted by Crippen LogP contribution is 2.24. The molecule has 1 fully saturated rings. The zero-order valence-corrected chi connectivity index (χ0v) is 13.3. The van der Waals surface area contributed by atoms with Gasteiger partial charge in [-0.05, 0) is 37.4 Å². The van der Waals surface area contributed by atoms with Crippen molar-refractivity contribution in [2.45, 2.75) is 6.04 Å². The van der Waals surface area contributed by atoms with Crippen molar-refractivity contribution in [2.75, 3.05) is 26.7 Å². The summed E-state index contributed by atoms with van der Waals surface area (Å²) in [4.78, 5) is 2.30. The summed E-state index contributed by atoms with van der Waals surface area (Å²) in [5, 5.41) is 10.8. The summed E-state index contributed by atoms with van der Waals surface area (Å²) in [7, 11) is 2.11. The van der Waals surface area contributed by atoms with Crippen LogP contribution in [0.4, 0.5) is 4.39 Å². The molecule has 1 aromatic carbocycles. The van der Waals surface area contributed by atoms with Crippen LogP contribution in [0.2, 0.25) is 0 Å². The molecule has 2 aromatic rings. The molecule has 4 nitrogen and oxygen atoms in total. The van der Waals surface area contributed by atoms with Crippen molar-refractivity contribution < 1.29 is 4.39 Å². The third kappa shape index (κ3) is 3.95. The van der Waals surface area contributed by atoms with Gasteiger partial charge in [0.15, 0.2) is 0 Å². The predicted octanol–water partition coefficient (Wildman–Crippen LogP) is 2.64. The van der Waals surface area contributed by atoms with E-state index in [0.717, 1.165) is 36.6 Å². The lowest BCUT2D eigenvalue weighted by Gasteiger charge is -2.32. The van der Waals surface area contributed by atoms with Crippen LogP contribution in [0.15, 0.2) is 30.3 Å². The molecule has 0 amide bonds. The van der Waals surface area contributed by atoms with Crippen LogP contribution >= 0.6 is 24.8 Å². The molecule has 7 heteroatoms. The lowest BCUT2D eigenvalue weighted by molar-refractivity contribution is 0.198.